The van der Waals surface area contributed by atoms with E-state index in [0.29, 0.717) is 12.8 Å². The molecule has 0 atom stereocenters. The highest BCUT2D eigenvalue weighted by Gasteiger charge is 2.28. The van der Waals surface area contributed by atoms with Crippen LogP contribution >= 0.6 is 0 Å². The monoisotopic (exact) mass is 248 g/mol. The second-order valence-corrected chi connectivity index (χ2v) is 5.01. The van der Waals surface area contributed by atoms with Gasteiger partial charge in [-0.05, 0) is 37.8 Å². The fourth-order valence-electron chi connectivity index (χ4n) is 2.25. The highest BCUT2D eigenvalue weighted by Crippen LogP contribution is 2.20. The number of rotatable bonds is 4. The summed E-state index contributed by atoms with van der Waals surface area (Å²) in [5, 5.41) is 15.2. The highest BCUT2D eigenvalue weighted by atomic mass is 16.3. The number of aryl methyl sites for hydroxylation is 2. The van der Waals surface area contributed by atoms with Crippen molar-refractivity contribution >= 4 is 11.6 Å². The Morgan fingerprint density at radius 2 is 1.94 bits per heavy atom. The summed E-state index contributed by atoms with van der Waals surface area (Å²) in [5.41, 5.74) is 3.31. The fraction of sp³-hybridized carbons (Fsp3) is 0.500. The van der Waals surface area contributed by atoms with Crippen LogP contribution in [0, 0.1) is 13.8 Å². The molecule has 0 spiro atoms. The normalized spacial score (nSPS) is 22.2. The van der Waals surface area contributed by atoms with E-state index in [0.717, 1.165) is 16.8 Å². The molecule has 0 heterocycles. The van der Waals surface area contributed by atoms with Crippen molar-refractivity contribution in [2.75, 3.05) is 11.9 Å². The number of para-hydroxylation sites is 1. The number of anilines is 1. The van der Waals surface area contributed by atoms with Crippen molar-refractivity contribution in [1.82, 2.24) is 5.32 Å². The number of hydrogen-bond donors (Lipinski definition) is 3. The number of hydrogen-bond acceptors (Lipinski definition) is 3. The standard InChI is InChI=1S/C14H20N2O2/c1-9-4-3-5-10(2)14(9)15-8-13(18)16-11-6-12(17)7-11/h3-5,11-12,15,17H,6-8H2,1-2H3,(H,16,18). The Labute approximate surface area is 107 Å². The first-order valence-electron chi connectivity index (χ1n) is 6.34. The first-order chi connectivity index (χ1) is 8.56. The maximum absolute atomic E-state index is 11.7. The van der Waals surface area contributed by atoms with Crippen LogP contribution in [0.5, 0.6) is 0 Å². The SMILES string of the molecule is Cc1cccc(C)c1NCC(=O)NC1CC(O)C1. The van der Waals surface area contributed by atoms with Crippen molar-refractivity contribution in [2.45, 2.75) is 38.8 Å². The van der Waals surface area contributed by atoms with Crippen LogP contribution in [0.1, 0.15) is 24.0 Å². The average molecular weight is 248 g/mol. The molecule has 0 radical (unpaired) electrons. The Morgan fingerprint density at radius 1 is 1.33 bits per heavy atom. The van der Waals surface area contributed by atoms with Gasteiger partial charge in [0.15, 0.2) is 0 Å². The first-order valence-corrected chi connectivity index (χ1v) is 6.34. The minimum Gasteiger partial charge on any atom is -0.393 e. The molecule has 1 saturated carbocycles. The number of benzene rings is 1. The van der Waals surface area contributed by atoms with Crippen LogP contribution in [-0.2, 0) is 4.79 Å². The highest BCUT2D eigenvalue weighted by molar-refractivity contribution is 5.81. The molecular weight excluding hydrogens is 228 g/mol. The summed E-state index contributed by atoms with van der Waals surface area (Å²) in [4.78, 5) is 11.7. The lowest BCUT2D eigenvalue weighted by molar-refractivity contribution is -0.121. The first kappa shape index (κ1) is 12.9. The van der Waals surface area contributed by atoms with Crippen LogP contribution in [0.25, 0.3) is 0 Å². The Bertz CT molecular complexity index is 419. The number of carbonyl (C=O) groups excluding carboxylic acids is 1. The molecule has 4 heteroatoms. The van der Waals surface area contributed by atoms with Crippen molar-refractivity contribution in [3.63, 3.8) is 0 Å². The molecule has 1 fully saturated rings. The van der Waals surface area contributed by atoms with E-state index in [1.807, 2.05) is 32.0 Å². The fourth-order valence-corrected chi connectivity index (χ4v) is 2.25. The van der Waals surface area contributed by atoms with Crippen molar-refractivity contribution in [1.29, 1.82) is 0 Å². The number of amides is 1. The van der Waals surface area contributed by atoms with Gasteiger partial charge in [0.1, 0.15) is 0 Å². The largest absolute Gasteiger partial charge is 0.393 e. The van der Waals surface area contributed by atoms with E-state index < -0.39 is 0 Å². The molecule has 0 aromatic heterocycles. The number of nitrogens with one attached hydrogen (secondary N) is 2. The van der Waals surface area contributed by atoms with Crippen molar-refractivity contribution in [3.05, 3.63) is 29.3 Å². The maximum Gasteiger partial charge on any atom is 0.239 e. The third-order valence-electron chi connectivity index (χ3n) is 3.39. The average Bonchev–Trinajstić information content (AvgIpc) is 2.26. The summed E-state index contributed by atoms with van der Waals surface area (Å²) in [7, 11) is 0. The van der Waals surface area contributed by atoms with E-state index in [1.165, 1.54) is 0 Å². The zero-order valence-corrected chi connectivity index (χ0v) is 10.9. The molecule has 3 N–H and O–H groups in total. The molecule has 1 aliphatic rings. The summed E-state index contributed by atoms with van der Waals surface area (Å²) in [6.45, 7) is 4.32. The van der Waals surface area contributed by atoms with E-state index in [4.69, 9.17) is 5.11 Å². The molecule has 2 rings (SSSR count). The van der Waals surface area contributed by atoms with E-state index in [1.54, 1.807) is 0 Å². The molecule has 0 unspecified atom stereocenters. The number of aliphatic hydroxyl groups is 1. The Morgan fingerprint density at radius 3 is 2.50 bits per heavy atom. The van der Waals surface area contributed by atoms with Gasteiger partial charge in [0.05, 0.1) is 12.6 Å². The molecule has 4 nitrogen and oxygen atoms in total. The minimum atomic E-state index is -0.234. The van der Waals surface area contributed by atoms with Crippen LogP contribution in [-0.4, -0.2) is 29.7 Å². The van der Waals surface area contributed by atoms with Gasteiger partial charge in [0.25, 0.3) is 0 Å². The zero-order valence-electron chi connectivity index (χ0n) is 10.9. The number of carbonyl (C=O) groups is 1. The summed E-state index contributed by atoms with van der Waals surface area (Å²) in [6.07, 6.45) is 1.12. The van der Waals surface area contributed by atoms with Crippen molar-refractivity contribution < 1.29 is 9.90 Å². The minimum absolute atomic E-state index is 0.0189. The van der Waals surface area contributed by atoms with E-state index >= 15 is 0 Å². The van der Waals surface area contributed by atoms with Gasteiger partial charge in [-0.1, -0.05) is 18.2 Å². The van der Waals surface area contributed by atoms with Gasteiger partial charge in [-0.3, -0.25) is 4.79 Å². The van der Waals surface area contributed by atoms with Crippen molar-refractivity contribution in [2.24, 2.45) is 0 Å². The lowest BCUT2D eigenvalue weighted by atomic mass is 9.89. The van der Waals surface area contributed by atoms with Gasteiger partial charge in [-0.15, -0.1) is 0 Å². The predicted molar refractivity (Wildman–Crippen MR) is 71.6 cm³/mol. The van der Waals surface area contributed by atoms with Crippen LogP contribution in [0.3, 0.4) is 0 Å². The zero-order chi connectivity index (χ0) is 13.1. The van der Waals surface area contributed by atoms with E-state index in [9.17, 15) is 4.79 Å². The van der Waals surface area contributed by atoms with Gasteiger partial charge in [0, 0.05) is 11.7 Å². The lowest BCUT2D eigenvalue weighted by Crippen LogP contribution is -2.48. The molecule has 1 aromatic carbocycles. The third-order valence-corrected chi connectivity index (χ3v) is 3.39. The van der Waals surface area contributed by atoms with Gasteiger partial charge >= 0.3 is 0 Å². The Balaban J connectivity index is 1.82. The molecule has 0 saturated heterocycles. The predicted octanol–water partition coefficient (Wildman–Crippen LogP) is 1.35. The van der Waals surface area contributed by atoms with E-state index in [2.05, 4.69) is 10.6 Å². The molecule has 1 aliphatic carbocycles. The van der Waals surface area contributed by atoms with Gasteiger partial charge in [-0.25, -0.2) is 0 Å². The Hall–Kier alpha value is -1.55. The molecule has 0 aliphatic heterocycles. The second kappa shape index (κ2) is 5.40. The van der Waals surface area contributed by atoms with E-state index in [-0.39, 0.29) is 24.6 Å². The third kappa shape index (κ3) is 3.01. The van der Waals surface area contributed by atoms with Gasteiger partial charge in [0.2, 0.25) is 5.91 Å². The smallest absolute Gasteiger partial charge is 0.239 e. The maximum atomic E-state index is 11.7. The topological polar surface area (TPSA) is 61.4 Å². The van der Waals surface area contributed by atoms with Crippen molar-refractivity contribution in [3.8, 4) is 0 Å². The molecule has 0 bridgehead atoms. The molecule has 18 heavy (non-hydrogen) atoms. The van der Waals surface area contributed by atoms with Crippen LogP contribution < -0.4 is 10.6 Å². The van der Waals surface area contributed by atoms with Crippen LogP contribution in [0.4, 0.5) is 5.69 Å². The molecule has 1 aromatic rings. The number of aliphatic hydroxyl groups excluding tert-OH is 1. The Kier molecular flexibility index (Phi) is 3.87. The molecular formula is C14H20N2O2. The quantitative estimate of drug-likeness (QED) is 0.754. The van der Waals surface area contributed by atoms with Crippen LogP contribution in [0.2, 0.25) is 0 Å². The van der Waals surface area contributed by atoms with Gasteiger partial charge in [-0.2, -0.15) is 0 Å². The summed E-state index contributed by atoms with van der Waals surface area (Å²) in [5.74, 6) is -0.0189. The molecule has 1 amide bonds. The summed E-state index contributed by atoms with van der Waals surface area (Å²) >= 11 is 0. The van der Waals surface area contributed by atoms with Gasteiger partial charge < -0.3 is 15.7 Å². The molecule has 98 valence electrons. The van der Waals surface area contributed by atoms with Crippen LogP contribution in [0.15, 0.2) is 18.2 Å². The summed E-state index contributed by atoms with van der Waals surface area (Å²) < 4.78 is 0. The summed E-state index contributed by atoms with van der Waals surface area (Å²) in [6, 6.07) is 6.20. The lowest BCUT2D eigenvalue weighted by Gasteiger charge is -2.32. The second-order valence-electron chi connectivity index (χ2n) is 5.01.